The Morgan fingerprint density at radius 3 is 2.17 bits per heavy atom. The van der Waals surface area contributed by atoms with E-state index in [2.05, 4.69) is 13.8 Å². The van der Waals surface area contributed by atoms with Crippen molar-refractivity contribution < 1.29 is 13.2 Å². The van der Waals surface area contributed by atoms with Gasteiger partial charge in [0, 0.05) is 24.0 Å². The molecule has 128 valence electrons. The monoisotopic (exact) mass is 357 g/mol. The zero-order valence-corrected chi connectivity index (χ0v) is 15.2. The van der Waals surface area contributed by atoms with E-state index in [-0.39, 0.29) is 16.7 Å². The standard InChI is InChI=1S/C17H24ClNO3S/c1-3-5-13(6-4-2)17(20)19-11-16(12-19)23(21,22)15-9-7-14(18)8-10-15/h7-10,13,16H,3-6,11-12H2,1-2H3. The van der Waals surface area contributed by atoms with Gasteiger partial charge in [-0.3, -0.25) is 4.79 Å². The number of benzene rings is 1. The van der Waals surface area contributed by atoms with Gasteiger partial charge in [-0.2, -0.15) is 0 Å². The van der Waals surface area contributed by atoms with Crippen molar-refractivity contribution in [1.29, 1.82) is 0 Å². The minimum Gasteiger partial charge on any atom is -0.340 e. The SMILES string of the molecule is CCCC(CCC)C(=O)N1CC(S(=O)(=O)c2ccc(Cl)cc2)C1. The lowest BCUT2D eigenvalue weighted by atomic mass is 9.95. The molecule has 0 radical (unpaired) electrons. The summed E-state index contributed by atoms with van der Waals surface area (Å²) in [5.41, 5.74) is 0. The normalized spacial score (nSPS) is 15.7. The molecule has 0 atom stereocenters. The molecule has 2 rings (SSSR count). The van der Waals surface area contributed by atoms with Crippen molar-refractivity contribution in [3.8, 4) is 0 Å². The number of hydrogen-bond acceptors (Lipinski definition) is 3. The van der Waals surface area contributed by atoms with Crippen LogP contribution in [0.2, 0.25) is 5.02 Å². The maximum atomic E-state index is 12.5. The number of nitrogens with zero attached hydrogens (tertiary/aromatic N) is 1. The van der Waals surface area contributed by atoms with E-state index in [4.69, 9.17) is 11.6 Å². The third-order valence-corrected chi connectivity index (χ3v) is 6.72. The number of amides is 1. The van der Waals surface area contributed by atoms with E-state index in [1.54, 1.807) is 17.0 Å². The summed E-state index contributed by atoms with van der Waals surface area (Å²) in [6.45, 7) is 4.74. The van der Waals surface area contributed by atoms with Crippen LogP contribution in [-0.4, -0.2) is 37.6 Å². The van der Waals surface area contributed by atoms with Gasteiger partial charge in [0.05, 0.1) is 4.90 Å². The van der Waals surface area contributed by atoms with Crippen LogP contribution in [0.15, 0.2) is 29.2 Å². The van der Waals surface area contributed by atoms with Crippen LogP contribution in [0.5, 0.6) is 0 Å². The number of halogens is 1. The molecule has 1 aromatic rings. The first kappa shape index (κ1) is 18.3. The van der Waals surface area contributed by atoms with E-state index in [1.807, 2.05) is 0 Å². The maximum absolute atomic E-state index is 12.5. The maximum Gasteiger partial charge on any atom is 0.225 e. The van der Waals surface area contributed by atoms with Crippen molar-refractivity contribution in [2.24, 2.45) is 5.92 Å². The third kappa shape index (κ3) is 4.07. The first-order valence-corrected chi connectivity index (χ1v) is 10.1. The molecule has 0 aliphatic carbocycles. The lowest BCUT2D eigenvalue weighted by Gasteiger charge is -2.40. The van der Waals surface area contributed by atoms with Crippen LogP contribution < -0.4 is 0 Å². The van der Waals surface area contributed by atoms with Crippen LogP contribution in [0, 0.1) is 5.92 Å². The van der Waals surface area contributed by atoms with Gasteiger partial charge in [-0.25, -0.2) is 8.42 Å². The number of likely N-dealkylation sites (tertiary alicyclic amines) is 1. The smallest absolute Gasteiger partial charge is 0.225 e. The van der Waals surface area contributed by atoms with Crippen LogP contribution in [0.25, 0.3) is 0 Å². The highest BCUT2D eigenvalue weighted by atomic mass is 35.5. The molecule has 1 amide bonds. The average molecular weight is 358 g/mol. The molecule has 1 saturated heterocycles. The molecule has 1 aromatic carbocycles. The Morgan fingerprint density at radius 2 is 1.70 bits per heavy atom. The fraction of sp³-hybridized carbons (Fsp3) is 0.588. The van der Waals surface area contributed by atoms with E-state index in [9.17, 15) is 13.2 Å². The summed E-state index contributed by atoms with van der Waals surface area (Å²) in [5, 5.41) is 0.00728. The van der Waals surface area contributed by atoms with Crippen molar-refractivity contribution in [2.75, 3.05) is 13.1 Å². The molecular formula is C17H24ClNO3S. The summed E-state index contributed by atoms with van der Waals surface area (Å²) in [5.74, 6) is 0.139. The summed E-state index contributed by atoms with van der Waals surface area (Å²) < 4.78 is 25.1. The Bertz CT molecular complexity index is 630. The quantitative estimate of drug-likeness (QED) is 0.750. The Labute approximate surface area is 143 Å². The lowest BCUT2D eigenvalue weighted by molar-refractivity contribution is -0.139. The lowest BCUT2D eigenvalue weighted by Crippen LogP contribution is -2.58. The van der Waals surface area contributed by atoms with Gasteiger partial charge in [-0.15, -0.1) is 0 Å². The molecule has 1 heterocycles. The van der Waals surface area contributed by atoms with Crippen LogP contribution in [0.1, 0.15) is 39.5 Å². The highest BCUT2D eigenvalue weighted by Crippen LogP contribution is 2.27. The van der Waals surface area contributed by atoms with Crippen LogP contribution in [-0.2, 0) is 14.6 Å². The molecule has 0 N–H and O–H groups in total. The first-order chi connectivity index (χ1) is 10.9. The average Bonchev–Trinajstić information content (AvgIpc) is 2.45. The first-order valence-electron chi connectivity index (χ1n) is 8.18. The van der Waals surface area contributed by atoms with Gasteiger partial charge in [0.25, 0.3) is 0 Å². The molecule has 6 heteroatoms. The summed E-state index contributed by atoms with van der Waals surface area (Å²) in [7, 11) is -3.39. The highest BCUT2D eigenvalue weighted by molar-refractivity contribution is 7.92. The molecule has 0 unspecified atom stereocenters. The molecule has 1 fully saturated rings. The second kappa shape index (κ2) is 7.67. The van der Waals surface area contributed by atoms with Gasteiger partial charge in [-0.05, 0) is 37.1 Å². The van der Waals surface area contributed by atoms with Crippen molar-refractivity contribution >= 4 is 27.3 Å². The summed E-state index contributed by atoms with van der Waals surface area (Å²) in [6.07, 6.45) is 3.68. The molecule has 1 aliphatic heterocycles. The molecule has 23 heavy (non-hydrogen) atoms. The topological polar surface area (TPSA) is 54.5 Å². The molecule has 4 nitrogen and oxygen atoms in total. The van der Waals surface area contributed by atoms with Gasteiger partial charge in [0.2, 0.25) is 5.91 Å². The molecule has 0 bridgehead atoms. The Kier molecular flexibility index (Phi) is 6.09. The van der Waals surface area contributed by atoms with Gasteiger partial charge >= 0.3 is 0 Å². The fourth-order valence-electron chi connectivity index (χ4n) is 2.98. The number of carbonyl (C=O) groups excluding carboxylic acids is 1. The number of rotatable bonds is 7. The fourth-order valence-corrected chi connectivity index (χ4v) is 4.76. The van der Waals surface area contributed by atoms with E-state index in [0.29, 0.717) is 18.1 Å². The van der Waals surface area contributed by atoms with Gasteiger partial charge in [0.15, 0.2) is 9.84 Å². The van der Waals surface area contributed by atoms with E-state index >= 15 is 0 Å². The Morgan fingerprint density at radius 1 is 1.17 bits per heavy atom. The summed E-state index contributed by atoms with van der Waals surface area (Å²) in [6, 6.07) is 6.21. The second-order valence-electron chi connectivity index (χ2n) is 6.14. The summed E-state index contributed by atoms with van der Waals surface area (Å²) in [4.78, 5) is 14.4. The van der Waals surface area contributed by atoms with Crippen molar-refractivity contribution in [3.05, 3.63) is 29.3 Å². The van der Waals surface area contributed by atoms with E-state index in [0.717, 1.165) is 25.7 Å². The minimum atomic E-state index is -3.39. The van der Waals surface area contributed by atoms with Gasteiger partial charge < -0.3 is 4.90 Å². The van der Waals surface area contributed by atoms with Crippen molar-refractivity contribution in [3.63, 3.8) is 0 Å². The Balaban J connectivity index is 2.00. The zero-order valence-electron chi connectivity index (χ0n) is 13.7. The van der Waals surface area contributed by atoms with Crippen LogP contribution >= 0.6 is 11.6 Å². The predicted molar refractivity (Wildman–Crippen MR) is 92.3 cm³/mol. The van der Waals surface area contributed by atoms with Gasteiger partial charge in [-0.1, -0.05) is 38.3 Å². The largest absolute Gasteiger partial charge is 0.340 e. The van der Waals surface area contributed by atoms with Gasteiger partial charge in [0.1, 0.15) is 5.25 Å². The number of sulfone groups is 1. The molecule has 0 saturated carbocycles. The number of hydrogen-bond donors (Lipinski definition) is 0. The highest BCUT2D eigenvalue weighted by Gasteiger charge is 2.41. The Hall–Kier alpha value is -1.07. The van der Waals surface area contributed by atoms with Crippen LogP contribution in [0.4, 0.5) is 0 Å². The van der Waals surface area contributed by atoms with Crippen molar-refractivity contribution in [1.82, 2.24) is 4.90 Å². The predicted octanol–water partition coefficient (Wildman–Crippen LogP) is 3.54. The second-order valence-corrected chi connectivity index (χ2v) is 8.80. The zero-order chi connectivity index (χ0) is 17.0. The third-order valence-electron chi connectivity index (χ3n) is 4.36. The molecule has 1 aliphatic rings. The summed E-state index contributed by atoms with van der Waals surface area (Å²) >= 11 is 5.80. The number of carbonyl (C=O) groups is 1. The molecule has 0 spiro atoms. The molecular weight excluding hydrogens is 334 g/mol. The van der Waals surface area contributed by atoms with Crippen LogP contribution in [0.3, 0.4) is 0 Å². The van der Waals surface area contributed by atoms with Crippen molar-refractivity contribution in [2.45, 2.75) is 49.7 Å². The minimum absolute atomic E-state index is 0.0317. The van der Waals surface area contributed by atoms with E-state index < -0.39 is 15.1 Å². The van der Waals surface area contributed by atoms with E-state index in [1.165, 1.54) is 12.1 Å². The molecule has 0 aromatic heterocycles.